The predicted octanol–water partition coefficient (Wildman–Crippen LogP) is 0.715. The standard InChI is InChI=1S/C10H11NO2/c1-3-4-5-6-11-9(12)7-8(2)10(11)13/h1,7H,4-6H2,2H3. The summed E-state index contributed by atoms with van der Waals surface area (Å²) in [6, 6.07) is 0. The molecular formula is C10H11NO2. The Morgan fingerprint density at radius 2 is 2.23 bits per heavy atom. The zero-order valence-corrected chi connectivity index (χ0v) is 7.54. The molecule has 0 aromatic carbocycles. The molecule has 0 unspecified atom stereocenters. The van der Waals surface area contributed by atoms with Crippen LogP contribution in [0.2, 0.25) is 0 Å². The van der Waals surface area contributed by atoms with Crippen LogP contribution in [0.5, 0.6) is 0 Å². The van der Waals surface area contributed by atoms with Crippen LogP contribution in [0.25, 0.3) is 0 Å². The zero-order valence-electron chi connectivity index (χ0n) is 7.54. The van der Waals surface area contributed by atoms with Crippen LogP contribution in [-0.4, -0.2) is 23.3 Å². The minimum absolute atomic E-state index is 0.193. The molecule has 0 aromatic heterocycles. The number of carbonyl (C=O) groups is 2. The van der Waals surface area contributed by atoms with Gasteiger partial charge in [0.2, 0.25) is 0 Å². The minimum atomic E-state index is -0.223. The van der Waals surface area contributed by atoms with E-state index >= 15 is 0 Å². The number of amides is 2. The summed E-state index contributed by atoms with van der Waals surface area (Å²) in [7, 11) is 0. The van der Waals surface area contributed by atoms with Crippen molar-refractivity contribution in [3.63, 3.8) is 0 Å². The van der Waals surface area contributed by atoms with E-state index in [2.05, 4.69) is 5.92 Å². The Balaban J connectivity index is 2.50. The van der Waals surface area contributed by atoms with Gasteiger partial charge < -0.3 is 0 Å². The summed E-state index contributed by atoms with van der Waals surface area (Å²) < 4.78 is 0. The fourth-order valence-corrected chi connectivity index (χ4v) is 1.19. The summed E-state index contributed by atoms with van der Waals surface area (Å²) in [6.07, 6.45) is 7.69. The predicted molar refractivity (Wildman–Crippen MR) is 48.5 cm³/mol. The van der Waals surface area contributed by atoms with Gasteiger partial charge in [-0.25, -0.2) is 0 Å². The van der Waals surface area contributed by atoms with Crippen LogP contribution in [0.4, 0.5) is 0 Å². The molecule has 0 atom stereocenters. The molecule has 0 aromatic rings. The fraction of sp³-hybridized carbons (Fsp3) is 0.400. The normalized spacial score (nSPS) is 16.0. The molecule has 1 heterocycles. The van der Waals surface area contributed by atoms with Crippen molar-refractivity contribution in [2.75, 3.05) is 6.54 Å². The van der Waals surface area contributed by atoms with Gasteiger partial charge in [-0.2, -0.15) is 0 Å². The maximum absolute atomic E-state index is 11.3. The summed E-state index contributed by atoms with van der Waals surface area (Å²) in [5.41, 5.74) is 0.505. The Bertz CT molecular complexity index is 309. The van der Waals surface area contributed by atoms with Crippen LogP contribution in [-0.2, 0) is 9.59 Å². The van der Waals surface area contributed by atoms with Gasteiger partial charge in [0.05, 0.1) is 0 Å². The van der Waals surface area contributed by atoms with Gasteiger partial charge in [-0.15, -0.1) is 12.3 Å². The Hall–Kier alpha value is -1.56. The quantitative estimate of drug-likeness (QED) is 0.362. The fourth-order valence-electron chi connectivity index (χ4n) is 1.19. The van der Waals surface area contributed by atoms with Crippen molar-refractivity contribution >= 4 is 11.8 Å². The SMILES string of the molecule is C#CCCCN1C(=O)C=C(C)C1=O. The van der Waals surface area contributed by atoms with E-state index < -0.39 is 0 Å². The molecule has 0 aliphatic carbocycles. The second kappa shape index (κ2) is 3.90. The Morgan fingerprint density at radius 3 is 2.69 bits per heavy atom. The first kappa shape index (κ1) is 9.53. The van der Waals surface area contributed by atoms with Crippen LogP contribution in [0.1, 0.15) is 19.8 Å². The highest BCUT2D eigenvalue weighted by atomic mass is 16.2. The molecule has 3 heteroatoms. The number of carbonyl (C=O) groups excluding carboxylic acids is 2. The van der Waals surface area contributed by atoms with Gasteiger partial charge >= 0.3 is 0 Å². The number of rotatable bonds is 3. The molecule has 13 heavy (non-hydrogen) atoms. The molecule has 68 valence electrons. The maximum atomic E-state index is 11.3. The zero-order chi connectivity index (χ0) is 9.84. The molecule has 2 amide bonds. The van der Waals surface area contributed by atoms with E-state index in [0.29, 0.717) is 25.0 Å². The average molecular weight is 177 g/mol. The molecule has 0 N–H and O–H groups in total. The van der Waals surface area contributed by atoms with Gasteiger partial charge in [-0.05, 0) is 13.3 Å². The topological polar surface area (TPSA) is 37.4 Å². The van der Waals surface area contributed by atoms with Gasteiger partial charge in [0.25, 0.3) is 11.8 Å². The Morgan fingerprint density at radius 1 is 1.54 bits per heavy atom. The maximum Gasteiger partial charge on any atom is 0.256 e. The molecule has 0 saturated carbocycles. The van der Waals surface area contributed by atoms with Crippen molar-refractivity contribution < 1.29 is 9.59 Å². The van der Waals surface area contributed by atoms with Crippen molar-refractivity contribution in [3.05, 3.63) is 11.6 Å². The Labute approximate surface area is 77.4 Å². The third-order valence-corrected chi connectivity index (χ3v) is 1.89. The summed E-state index contributed by atoms with van der Waals surface area (Å²) in [4.78, 5) is 23.7. The summed E-state index contributed by atoms with van der Waals surface area (Å²) >= 11 is 0. The molecule has 0 spiro atoms. The molecule has 1 rings (SSSR count). The summed E-state index contributed by atoms with van der Waals surface area (Å²) in [5.74, 6) is 2.05. The number of nitrogens with zero attached hydrogens (tertiary/aromatic N) is 1. The highest BCUT2D eigenvalue weighted by Gasteiger charge is 2.27. The first-order valence-corrected chi connectivity index (χ1v) is 4.14. The lowest BCUT2D eigenvalue weighted by molar-refractivity contribution is -0.137. The lowest BCUT2D eigenvalue weighted by Crippen LogP contribution is -2.31. The van der Waals surface area contributed by atoms with E-state index in [1.807, 2.05) is 0 Å². The number of unbranched alkanes of at least 4 members (excludes halogenated alkanes) is 1. The number of imide groups is 1. The molecule has 0 bridgehead atoms. The number of terminal acetylenes is 1. The molecule has 0 radical (unpaired) electrons. The monoisotopic (exact) mass is 177 g/mol. The molecular weight excluding hydrogens is 166 g/mol. The van der Waals surface area contributed by atoms with E-state index in [1.165, 1.54) is 11.0 Å². The smallest absolute Gasteiger partial charge is 0.256 e. The van der Waals surface area contributed by atoms with Gasteiger partial charge in [0.15, 0.2) is 0 Å². The second-order valence-corrected chi connectivity index (χ2v) is 2.93. The van der Waals surface area contributed by atoms with Crippen LogP contribution in [0.15, 0.2) is 11.6 Å². The van der Waals surface area contributed by atoms with Crippen LogP contribution < -0.4 is 0 Å². The first-order chi connectivity index (χ1) is 6.16. The van der Waals surface area contributed by atoms with Gasteiger partial charge in [0.1, 0.15) is 0 Å². The van der Waals surface area contributed by atoms with Crippen molar-refractivity contribution in [1.82, 2.24) is 4.90 Å². The van der Waals surface area contributed by atoms with E-state index in [-0.39, 0.29) is 11.8 Å². The van der Waals surface area contributed by atoms with Crippen molar-refractivity contribution in [3.8, 4) is 12.3 Å². The second-order valence-electron chi connectivity index (χ2n) is 2.93. The van der Waals surface area contributed by atoms with E-state index in [9.17, 15) is 9.59 Å². The lowest BCUT2D eigenvalue weighted by atomic mass is 10.3. The summed E-state index contributed by atoms with van der Waals surface area (Å²) in [6.45, 7) is 2.07. The van der Waals surface area contributed by atoms with Crippen LogP contribution >= 0.6 is 0 Å². The van der Waals surface area contributed by atoms with Gasteiger partial charge in [-0.1, -0.05) is 0 Å². The van der Waals surface area contributed by atoms with Gasteiger partial charge in [0, 0.05) is 24.6 Å². The molecule has 1 aliphatic heterocycles. The highest BCUT2D eigenvalue weighted by Crippen LogP contribution is 2.12. The number of hydrogen-bond donors (Lipinski definition) is 0. The molecule has 0 saturated heterocycles. The van der Waals surface area contributed by atoms with Crippen molar-refractivity contribution in [1.29, 1.82) is 0 Å². The lowest BCUT2D eigenvalue weighted by Gasteiger charge is -2.12. The van der Waals surface area contributed by atoms with Crippen LogP contribution in [0.3, 0.4) is 0 Å². The molecule has 1 aliphatic rings. The van der Waals surface area contributed by atoms with Crippen molar-refractivity contribution in [2.24, 2.45) is 0 Å². The first-order valence-electron chi connectivity index (χ1n) is 4.14. The number of hydrogen-bond acceptors (Lipinski definition) is 2. The third kappa shape index (κ3) is 1.97. The van der Waals surface area contributed by atoms with E-state index in [0.717, 1.165) is 0 Å². The van der Waals surface area contributed by atoms with Gasteiger partial charge in [-0.3, -0.25) is 14.5 Å². The highest BCUT2D eigenvalue weighted by molar-refractivity contribution is 6.15. The molecule has 0 fully saturated rings. The van der Waals surface area contributed by atoms with Crippen molar-refractivity contribution in [2.45, 2.75) is 19.8 Å². The van der Waals surface area contributed by atoms with E-state index in [1.54, 1.807) is 6.92 Å². The summed E-state index contributed by atoms with van der Waals surface area (Å²) in [5, 5.41) is 0. The minimum Gasteiger partial charge on any atom is -0.275 e. The Kier molecular flexibility index (Phi) is 2.86. The largest absolute Gasteiger partial charge is 0.275 e. The third-order valence-electron chi connectivity index (χ3n) is 1.89. The molecule has 3 nitrogen and oxygen atoms in total. The average Bonchev–Trinajstić information content (AvgIpc) is 2.32. The van der Waals surface area contributed by atoms with Crippen LogP contribution in [0, 0.1) is 12.3 Å². The van der Waals surface area contributed by atoms with E-state index in [4.69, 9.17) is 6.42 Å².